The van der Waals surface area contributed by atoms with E-state index < -0.39 is 21.5 Å². The first-order valence-corrected chi connectivity index (χ1v) is 8.53. The van der Waals surface area contributed by atoms with Gasteiger partial charge in [0.2, 0.25) is 5.91 Å². The van der Waals surface area contributed by atoms with Crippen molar-refractivity contribution in [1.29, 1.82) is 0 Å². The Morgan fingerprint density at radius 1 is 1.14 bits per heavy atom. The van der Waals surface area contributed by atoms with Gasteiger partial charge in [-0.1, -0.05) is 11.6 Å². The molecular weight excluding hydrogens is 324 g/mol. The second-order valence-corrected chi connectivity index (χ2v) is 7.24. The zero-order valence-electron chi connectivity index (χ0n) is 11.9. The van der Waals surface area contributed by atoms with E-state index in [1.54, 1.807) is 31.6 Å². The number of sulfone groups is 1. The third-order valence-corrected chi connectivity index (χ3v) is 4.95. The lowest BCUT2D eigenvalue weighted by atomic mass is 10.2. The Bertz CT molecular complexity index is 746. The van der Waals surface area contributed by atoms with Gasteiger partial charge in [-0.05, 0) is 42.0 Å². The highest BCUT2D eigenvalue weighted by molar-refractivity contribution is 7.92. The SMILES string of the molecule is CN(Cc1ccncc1)C(=O)CS(=O)(=O)c1ccc(Cl)cc1. The number of halogens is 1. The van der Waals surface area contributed by atoms with Gasteiger partial charge in [0.05, 0.1) is 4.90 Å². The Kier molecular flexibility index (Phi) is 5.15. The number of rotatable bonds is 5. The van der Waals surface area contributed by atoms with Crippen LogP contribution in [-0.4, -0.2) is 37.0 Å². The second kappa shape index (κ2) is 6.89. The molecule has 22 heavy (non-hydrogen) atoms. The molecule has 0 spiro atoms. The maximum atomic E-state index is 12.2. The summed E-state index contributed by atoms with van der Waals surface area (Å²) in [6, 6.07) is 9.32. The molecule has 0 aliphatic heterocycles. The molecular formula is C15H15ClN2O3S. The zero-order chi connectivity index (χ0) is 16.2. The summed E-state index contributed by atoms with van der Waals surface area (Å²) in [4.78, 5) is 17.5. The smallest absolute Gasteiger partial charge is 0.238 e. The third-order valence-electron chi connectivity index (χ3n) is 3.08. The lowest BCUT2D eigenvalue weighted by Gasteiger charge is -2.17. The quantitative estimate of drug-likeness (QED) is 0.838. The topological polar surface area (TPSA) is 67.3 Å². The summed E-state index contributed by atoms with van der Waals surface area (Å²) in [5.74, 6) is -1.04. The Morgan fingerprint density at radius 2 is 1.73 bits per heavy atom. The molecule has 0 atom stereocenters. The maximum absolute atomic E-state index is 12.2. The standard InChI is InChI=1S/C15H15ClN2O3S/c1-18(10-12-6-8-17-9-7-12)15(19)11-22(20,21)14-4-2-13(16)3-5-14/h2-9H,10-11H2,1H3. The van der Waals surface area contributed by atoms with Crippen LogP contribution in [0.2, 0.25) is 5.02 Å². The lowest BCUT2D eigenvalue weighted by Crippen LogP contribution is -2.32. The average Bonchev–Trinajstić information content (AvgIpc) is 2.48. The van der Waals surface area contributed by atoms with Crippen LogP contribution in [-0.2, 0) is 21.2 Å². The minimum atomic E-state index is -3.68. The van der Waals surface area contributed by atoms with Gasteiger partial charge in [-0.25, -0.2) is 8.42 Å². The van der Waals surface area contributed by atoms with Crippen molar-refractivity contribution < 1.29 is 13.2 Å². The van der Waals surface area contributed by atoms with E-state index in [4.69, 9.17) is 11.6 Å². The molecule has 1 aromatic carbocycles. The van der Waals surface area contributed by atoms with Gasteiger partial charge >= 0.3 is 0 Å². The van der Waals surface area contributed by atoms with E-state index in [-0.39, 0.29) is 4.90 Å². The fourth-order valence-corrected chi connectivity index (χ4v) is 3.24. The number of nitrogens with zero attached hydrogens (tertiary/aromatic N) is 2. The molecule has 0 fully saturated rings. The van der Waals surface area contributed by atoms with Crippen molar-refractivity contribution >= 4 is 27.3 Å². The highest BCUT2D eigenvalue weighted by Gasteiger charge is 2.21. The Balaban J connectivity index is 2.05. The summed E-state index contributed by atoms with van der Waals surface area (Å²) < 4.78 is 24.4. The van der Waals surface area contributed by atoms with Crippen molar-refractivity contribution in [2.75, 3.05) is 12.8 Å². The third kappa shape index (κ3) is 4.29. The van der Waals surface area contributed by atoms with Gasteiger partial charge in [0.1, 0.15) is 5.75 Å². The van der Waals surface area contributed by atoms with Gasteiger partial charge in [-0.15, -0.1) is 0 Å². The number of hydrogen-bond donors (Lipinski definition) is 0. The van der Waals surface area contributed by atoms with Gasteiger partial charge in [-0.2, -0.15) is 0 Å². The summed E-state index contributed by atoms with van der Waals surface area (Å²) >= 11 is 5.73. The summed E-state index contributed by atoms with van der Waals surface area (Å²) in [5, 5.41) is 0.445. The van der Waals surface area contributed by atoms with Crippen LogP contribution in [0.25, 0.3) is 0 Å². The van der Waals surface area contributed by atoms with Crippen LogP contribution in [0.3, 0.4) is 0 Å². The molecule has 0 bridgehead atoms. The monoisotopic (exact) mass is 338 g/mol. The lowest BCUT2D eigenvalue weighted by molar-refractivity contribution is -0.127. The average molecular weight is 339 g/mol. The summed E-state index contributed by atoms with van der Waals surface area (Å²) in [5.41, 5.74) is 0.884. The first-order valence-electron chi connectivity index (χ1n) is 6.50. The van der Waals surface area contributed by atoms with Crippen LogP contribution in [0.5, 0.6) is 0 Å². The molecule has 1 heterocycles. The Morgan fingerprint density at radius 3 is 2.32 bits per heavy atom. The minimum Gasteiger partial charge on any atom is -0.341 e. The van der Waals surface area contributed by atoms with Crippen LogP contribution < -0.4 is 0 Å². The van der Waals surface area contributed by atoms with E-state index in [1.165, 1.54) is 29.2 Å². The van der Waals surface area contributed by atoms with Gasteiger partial charge in [0.15, 0.2) is 9.84 Å². The van der Waals surface area contributed by atoms with Gasteiger partial charge in [0, 0.05) is 31.0 Å². The molecule has 2 rings (SSSR count). The van der Waals surface area contributed by atoms with Crippen LogP contribution in [0, 0.1) is 0 Å². The van der Waals surface area contributed by atoms with E-state index in [2.05, 4.69) is 4.98 Å². The number of hydrogen-bond acceptors (Lipinski definition) is 4. The fraction of sp³-hybridized carbons (Fsp3) is 0.200. The van der Waals surface area contributed by atoms with E-state index in [0.717, 1.165) is 5.56 Å². The van der Waals surface area contributed by atoms with Crippen LogP contribution in [0.4, 0.5) is 0 Å². The molecule has 0 saturated carbocycles. The molecule has 0 N–H and O–H groups in total. The number of amides is 1. The van der Waals surface area contributed by atoms with E-state index in [0.29, 0.717) is 11.6 Å². The molecule has 116 valence electrons. The fourth-order valence-electron chi connectivity index (χ4n) is 1.85. The van der Waals surface area contributed by atoms with Crippen molar-refractivity contribution in [3.63, 3.8) is 0 Å². The van der Waals surface area contributed by atoms with Crippen molar-refractivity contribution in [3.05, 3.63) is 59.4 Å². The normalized spacial score (nSPS) is 11.2. The van der Waals surface area contributed by atoms with Crippen LogP contribution >= 0.6 is 11.6 Å². The summed E-state index contributed by atoms with van der Waals surface area (Å²) in [6.45, 7) is 0.331. The van der Waals surface area contributed by atoms with E-state index >= 15 is 0 Å². The molecule has 0 saturated heterocycles. The van der Waals surface area contributed by atoms with Gasteiger partial charge in [-0.3, -0.25) is 9.78 Å². The first kappa shape index (κ1) is 16.5. The molecule has 7 heteroatoms. The van der Waals surface area contributed by atoms with Crippen molar-refractivity contribution in [3.8, 4) is 0 Å². The minimum absolute atomic E-state index is 0.0857. The number of aromatic nitrogens is 1. The highest BCUT2D eigenvalue weighted by atomic mass is 35.5. The highest BCUT2D eigenvalue weighted by Crippen LogP contribution is 2.16. The van der Waals surface area contributed by atoms with Crippen molar-refractivity contribution in [2.24, 2.45) is 0 Å². The molecule has 0 aliphatic rings. The summed E-state index contributed by atoms with van der Waals surface area (Å²) in [6.07, 6.45) is 3.25. The molecule has 0 aliphatic carbocycles. The molecule has 5 nitrogen and oxygen atoms in total. The van der Waals surface area contributed by atoms with Crippen molar-refractivity contribution in [2.45, 2.75) is 11.4 Å². The molecule has 1 amide bonds. The number of carbonyl (C=O) groups excluding carboxylic acids is 1. The Hall–Kier alpha value is -1.92. The first-order chi connectivity index (χ1) is 10.4. The van der Waals surface area contributed by atoms with Gasteiger partial charge < -0.3 is 4.90 Å². The van der Waals surface area contributed by atoms with Gasteiger partial charge in [0.25, 0.3) is 0 Å². The predicted octanol–water partition coefficient (Wildman–Crippen LogP) is 2.17. The summed E-state index contributed by atoms with van der Waals surface area (Å²) in [7, 11) is -2.11. The van der Waals surface area contributed by atoms with Crippen molar-refractivity contribution in [1.82, 2.24) is 9.88 Å². The second-order valence-electron chi connectivity index (χ2n) is 4.82. The van der Waals surface area contributed by atoms with Crippen LogP contribution in [0.15, 0.2) is 53.7 Å². The van der Waals surface area contributed by atoms with E-state index in [1.807, 2.05) is 0 Å². The van der Waals surface area contributed by atoms with Crippen LogP contribution in [0.1, 0.15) is 5.56 Å². The van der Waals surface area contributed by atoms with E-state index in [9.17, 15) is 13.2 Å². The number of carbonyl (C=O) groups is 1. The number of benzene rings is 1. The zero-order valence-corrected chi connectivity index (χ0v) is 13.5. The maximum Gasteiger partial charge on any atom is 0.238 e. The molecule has 1 aromatic heterocycles. The molecule has 2 aromatic rings. The molecule has 0 radical (unpaired) electrons. The number of pyridine rings is 1. The molecule has 0 unspecified atom stereocenters. The Labute approximate surface area is 134 Å². The predicted molar refractivity (Wildman–Crippen MR) is 84.2 cm³/mol. The largest absolute Gasteiger partial charge is 0.341 e.